The summed E-state index contributed by atoms with van der Waals surface area (Å²) < 4.78 is 0. The summed E-state index contributed by atoms with van der Waals surface area (Å²) in [6.07, 6.45) is 4.31. The summed E-state index contributed by atoms with van der Waals surface area (Å²) >= 11 is 0. The number of nitrogens with one attached hydrogen (secondary N) is 1. The molecular formula is C17H27N3O. The fourth-order valence-electron chi connectivity index (χ4n) is 2.72. The number of benzene rings is 1. The van der Waals surface area contributed by atoms with Crippen LogP contribution in [0.4, 0.5) is 0 Å². The first kappa shape index (κ1) is 16.0. The number of carbonyl (C=O) groups is 1. The van der Waals surface area contributed by atoms with E-state index in [9.17, 15) is 4.79 Å². The van der Waals surface area contributed by atoms with Crippen molar-refractivity contribution in [3.05, 3.63) is 35.4 Å². The molecule has 0 radical (unpaired) electrons. The highest BCUT2D eigenvalue weighted by atomic mass is 16.2. The van der Waals surface area contributed by atoms with Crippen molar-refractivity contribution >= 4 is 5.91 Å². The Morgan fingerprint density at radius 2 is 1.86 bits per heavy atom. The van der Waals surface area contributed by atoms with E-state index in [1.54, 1.807) is 0 Å². The van der Waals surface area contributed by atoms with Crippen molar-refractivity contribution in [1.29, 1.82) is 0 Å². The van der Waals surface area contributed by atoms with Gasteiger partial charge in [-0.05, 0) is 43.5 Å². The highest BCUT2D eigenvalue weighted by Crippen LogP contribution is 2.13. The van der Waals surface area contributed by atoms with Crippen LogP contribution in [0.15, 0.2) is 24.3 Å². The number of hydrogen-bond donors (Lipinski definition) is 2. The molecule has 2 rings (SSSR count). The molecule has 3 N–H and O–H groups in total. The third kappa shape index (κ3) is 5.14. The van der Waals surface area contributed by atoms with Crippen molar-refractivity contribution in [2.75, 3.05) is 13.1 Å². The number of carbonyl (C=O) groups excluding carboxylic acids is 1. The van der Waals surface area contributed by atoms with Gasteiger partial charge < -0.3 is 11.1 Å². The topological polar surface area (TPSA) is 58.4 Å². The smallest absolute Gasteiger partial charge is 0.237 e. The third-order valence-corrected chi connectivity index (χ3v) is 4.03. The molecule has 1 fully saturated rings. The third-order valence-electron chi connectivity index (χ3n) is 4.03. The SMILES string of the molecule is CCCC(N)C(=O)NCc1ccc(CN2CCCC2)cc1. The van der Waals surface area contributed by atoms with Crippen LogP contribution in [0.25, 0.3) is 0 Å². The zero-order chi connectivity index (χ0) is 15.1. The molecule has 1 heterocycles. The minimum Gasteiger partial charge on any atom is -0.351 e. The molecule has 4 heteroatoms. The van der Waals surface area contributed by atoms with E-state index in [4.69, 9.17) is 5.73 Å². The predicted molar refractivity (Wildman–Crippen MR) is 85.7 cm³/mol. The number of amides is 1. The van der Waals surface area contributed by atoms with Crippen molar-refractivity contribution in [3.8, 4) is 0 Å². The highest BCUT2D eigenvalue weighted by Gasteiger charge is 2.12. The van der Waals surface area contributed by atoms with Gasteiger partial charge in [-0.15, -0.1) is 0 Å². The van der Waals surface area contributed by atoms with Crippen LogP contribution in [0, 0.1) is 0 Å². The van der Waals surface area contributed by atoms with Crippen molar-refractivity contribution < 1.29 is 4.79 Å². The van der Waals surface area contributed by atoms with Gasteiger partial charge in [-0.3, -0.25) is 9.69 Å². The second-order valence-corrected chi connectivity index (χ2v) is 5.91. The van der Waals surface area contributed by atoms with E-state index >= 15 is 0 Å². The maximum Gasteiger partial charge on any atom is 0.237 e. The standard InChI is InChI=1S/C17H27N3O/c1-2-5-16(18)17(21)19-12-14-6-8-15(9-7-14)13-20-10-3-4-11-20/h6-9,16H,2-5,10-13,18H2,1H3,(H,19,21). The first-order valence-electron chi connectivity index (χ1n) is 8.02. The Balaban J connectivity index is 1.77. The van der Waals surface area contributed by atoms with E-state index in [1.165, 1.54) is 31.5 Å². The fourth-order valence-corrected chi connectivity index (χ4v) is 2.72. The van der Waals surface area contributed by atoms with Crippen molar-refractivity contribution in [1.82, 2.24) is 10.2 Å². The molecule has 1 aromatic carbocycles. The molecule has 1 atom stereocenters. The Labute approximate surface area is 127 Å². The molecule has 0 spiro atoms. The van der Waals surface area contributed by atoms with Crippen LogP contribution < -0.4 is 11.1 Å². The lowest BCUT2D eigenvalue weighted by molar-refractivity contribution is -0.122. The molecule has 0 aromatic heterocycles. The van der Waals surface area contributed by atoms with E-state index in [0.29, 0.717) is 6.54 Å². The molecule has 1 saturated heterocycles. The summed E-state index contributed by atoms with van der Waals surface area (Å²) in [4.78, 5) is 14.2. The van der Waals surface area contributed by atoms with Gasteiger partial charge in [-0.25, -0.2) is 0 Å². The molecule has 1 amide bonds. The van der Waals surface area contributed by atoms with Gasteiger partial charge in [-0.2, -0.15) is 0 Å². The molecule has 4 nitrogen and oxygen atoms in total. The van der Waals surface area contributed by atoms with Crippen molar-refractivity contribution in [3.63, 3.8) is 0 Å². The van der Waals surface area contributed by atoms with Gasteiger partial charge in [0.05, 0.1) is 6.04 Å². The minimum absolute atomic E-state index is 0.0574. The molecule has 0 saturated carbocycles. The van der Waals surface area contributed by atoms with Gasteiger partial charge in [0.2, 0.25) is 5.91 Å². The molecule has 1 aliphatic heterocycles. The highest BCUT2D eigenvalue weighted by molar-refractivity contribution is 5.81. The number of likely N-dealkylation sites (tertiary alicyclic amines) is 1. The van der Waals surface area contributed by atoms with Gasteiger partial charge in [0.15, 0.2) is 0 Å². The lowest BCUT2D eigenvalue weighted by Gasteiger charge is -2.15. The molecule has 0 aliphatic carbocycles. The summed E-state index contributed by atoms with van der Waals surface area (Å²) in [7, 11) is 0. The maximum absolute atomic E-state index is 11.8. The van der Waals surface area contributed by atoms with Crippen LogP contribution in [0.2, 0.25) is 0 Å². The normalized spacial score (nSPS) is 16.9. The predicted octanol–water partition coefficient (Wildman–Crippen LogP) is 2.03. The van der Waals surface area contributed by atoms with Gasteiger partial charge in [0.1, 0.15) is 0 Å². The monoisotopic (exact) mass is 289 g/mol. The van der Waals surface area contributed by atoms with E-state index < -0.39 is 0 Å². The lowest BCUT2D eigenvalue weighted by atomic mass is 10.1. The number of hydrogen-bond acceptors (Lipinski definition) is 3. The molecular weight excluding hydrogens is 262 g/mol. The van der Waals surface area contributed by atoms with E-state index in [1.807, 2.05) is 6.92 Å². The second kappa shape index (κ2) is 8.15. The zero-order valence-corrected chi connectivity index (χ0v) is 13.0. The van der Waals surface area contributed by atoms with Gasteiger partial charge >= 0.3 is 0 Å². The van der Waals surface area contributed by atoms with Crippen molar-refractivity contribution in [2.24, 2.45) is 5.73 Å². The first-order valence-corrected chi connectivity index (χ1v) is 8.02. The molecule has 1 aromatic rings. The summed E-state index contributed by atoms with van der Waals surface area (Å²) in [5.41, 5.74) is 8.25. The minimum atomic E-state index is -0.385. The maximum atomic E-state index is 11.8. The number of nitrogens with two attached hydrogens (primary N) is 1. The first-order chi connectivity index (χ1) is 10.2. The van der Waals surface area contributed by atoms with Gasteiger partial charge in [-0.1, -0.05) is 37.6 Å². The molecule has 116 valence electrons. The number of nitrogens with zero attached hydrogens (tertiary/aromatic N) is 1. The molecule has 21 heavy (non-hydrogen) atoms. The largest absolute Gasteiger partial charge is 0.351 e. The summed E-state index contributed by atoms with van der Waals surface area (Å²) in [5.74, 6) is -0.0574. The summed E-state index contributed by atoms with van der Waals surface area (Å²) in [6.45, 7) is 6.06. The van der Waals surface area contributed by atoms with E-state index in [2.05, 4.69) is 34.5 Å². The van der Waals surface area contributed by atoms with Crippen LogP contribution in [-0.4, -0.2) is 29.9 Å². The molecule has 1 aliphatic rings. The Bertz CT molecular complexity index is 438. The lowest BCUT2D eigenvalue weighted by Crippen LogP contribution is -2.40. The zero-order valence-electron chi connectivity index (χ0n) is 13.0. The quantitative estimate of drug-likeness (QED) is 0.807. The average molecular weight is 289 g/mol. The van der Waals surface area contributed by atoms with Gasteiger partial charge in [0, 0.05) is 13.1 Å². The van der Waals surface area contributed by atoms with Crippen LogP contribution in [0.3, 0.4) is 0 Å². The Morgan fingerprint density at radius 1 is 1.24 bits per heavy atom. The second-order valence-electron chi connectivity index (χ2n) is 5.91. The fraction of sp³-hybridized carbons (Fsp3) is 0.588. The Hall–Kier alpha value is -1.39. The Kier molecular flexibility index (Phi) is 6.21. The van der Waals surface area contributed by atoms with Gasteiger partial charge in [0.25, 0.3) is 0 Å². The van der Waals surface area contributed by atoms with Crippen LogP contribution in [-0.2, 0) is 17.9 Å². The van der Waals surface area contributed by atoms with E-state index in [0.717, 1.165) is 24.9 Å². The van der Waals surface area contributed by atoms with Crippen LogP contribution in [0.5, 0.6) is 0 Å². The average Bonchev–Trinajstić information content (AvgIpc) is 2.99. The van der Waals surface area contributed by atoms with Crippen LogP contribution in [0.1, 0.15) is 43.7 Å². The molecule has 1 unspecified atom stereocenters. The van der Waals surface area contributed by atoms with Crippen molar-refractivity contribution in [2.45, 2.75) is 51.7 Å². The Morgan fingerprint density at radius 3 is 2.48 bits per heavy atom. The van der Waals surface area contributed by atoms with Crippen LogP contribution >= 0.6 is 0 Å². The van der Waals surface area contributed by atoms with E-state index in [-0.39, 0.29) is 11.9 Å². The summed E-state index contributed by atoms with van der Waals surface area (Å²) in [6, 6.07) is 8.12. The number of rotatable bonds is 7. The summed E-state index contributed by atoms with van der Waals surface area (Å²) in [5, 5.41) is 2.90. The molecule has 0 bridgehead atoms.